The summed E-state index contributed by atoms with van der Waals surface area (Å²) in [6, 6.07) is 2.66. The first kappa shape index (κ1) is 11.1. The number of rotatable bonds is 1. The molecule has 5 heteroatoms. The van der Waals surface area contributed by atoms with Crippen molar-refractivity contribution in [3.63, 3.8) is 0 Å². The van der Waals surface area contributed by atoms with Gasteiger partial charge in [0.2, 0.25) is 0 Å². The van der Waals surface area contributed by atoms with Gasteiger partial charge in [-0.15, -0.1) is 11.8 Å². The Morgan fingerprint density at radius 1 is 1.35 bits per heavy atom. The van der Waals surface area contributed by atoms with Crippen LogP contribution in [0.3, 0.4) is 0 Å². The highest BCUT2D eigenvalue weighted by molar-refractivity contribution is 8.00. The van der Waals surface area contributed by atoms with E-state index < -0.39 is 11.6 Å². The average molecular weight is 256 g/mol. The number of nitrogen functional groups attached to an aromatic ring is 1. The van der Waals surface area contributed by atoms with E-state index in [1.54, 1.807) is 11.8 Å². The zero-order valence-electron chi connectivity index (χ0n) is 9.49. The lowest BCUT2D eigenvalue weighted by Gasteiger charge is -2.25. The van der Waals surface area contributed by atoms with Gasteiger partial charge in [-0.1, -0.05) is 6.92 Å². The number of nitrogens with two attached hydrogens (primary N) is 1. The third-order valence-electron chi connectivity index (χ3n) is 3.56. The Morgan fingerprint density at radius 2 is 2.00 bits per heavy atom. The number of halogens is 2. The van der Waals surface area contributed by atoms with Crippen molar-refractivity contribution in [3.8, 4) is 0 Å². The Bertz CT molecular complexity index is 443. The van der Waals surface area contributed by atoms with E-state index in [1.165, 1.54) is 12.1 Å². The molecule has 2 heterocycles. The van der Waals surface area contributed by atoms with Crippen LogP contribution in [0.2, 0.25) is 0 Å². The van der Waals surface area contributed by atoms with E-state index >= 15 is 0 Å². The summed E-state index contributed by atoms with van der Waals surface area (Å²) in [6.45, 7) is 2.14. The standard InChI is InChI=1S/C12H14F2N2S/c1-6-2-8-5-17-12(6)16(8)11-9(13)3-7(15)4-10(11)14/h3-4,6,8,12H,2,5,15H2,1H3/t6-,8?,12?/m1/s1. The van der Waals surface area contributed by atoms with E-state index in [1.807, 2.05) is 4.90 Å². The molecule has 2 unspecified atom stereocenters. The van der Waals surface area contributed by atoms with Crippen LogP contribution in [0.25, 0.3) is 0 Å². The lowest BCUT2D eigenvalue weighted by atomic mass is 10.1. The van der Waals surface area contributed by atoms with Crippen molar-refractivity contribution in [2.24, 2.45) is 5.92 Å². The highest BCUT2D eigenvalue weighted by Gasteiger charge is 2.46. The molecule has 92 valence electrons. The molecule has 17 heavy (non-hydrogen) atoms. The van der Waals surface area contributed by atoms with Gasteiger partial charge in [0.25, 0.3) is 0 Å². The number of hydrogen-bond acceptors (Lipinski definition) is 3. The van der Waals surface area contributed by atoms with E-state index in [-0.39, 0.29) is 22.8 Å². The molecule has 0 saturated carbocycles. The molecule has 2 fully saturated rings. The number of anilines is 2. The van der Waals surface area contributed by atoms with Crippen molar-refractivity contribution in [1.82, 2.24) is 0 Å². The zero-order valence-corrected chi connectivity index (χ0v) is 10.3. The summed E-state index contributed by atoms with van der Waals surface area (Å²) in [4.78, 5) is 1.90. The Morgan fingerprint density at radius 3 is 2.47 bits per heavy atom. The Balaban J connectivity index is 2.06. The lowest BCUT2D eigenvalue weighted by Crippen LogP contribution is -2.31. The van der Waals surface area contributed by atoms with Crippen LogP contribution in [0.4, 0.5) is 20.2 Å². The molecule has 0 radical (unpaired) electrons. The van der Waals surface area contributed by atoms with Crippen molar-refractivity contribution in [2.75, 3.05) is 16.4 Å². The summed E-state index contributed by atoms with van der Waals surface area (Å²) in [5, 5.41) is 0.202. The van der Waals surface area contributed by atoms with E-state index in [0.717, 1.165) is 12.2 Å². The molecule has 2 bridgehead atoms. The molecule has 2 saturated heterocycles. The molecule has 0 aromatic heterocycles. The van der Waals surface area contributed by atoms with Crippen molar-refractivity contribution in [3.05, 3.63) is 23.8 Å². The molecule has 1 aromatic carbocycles. The van der Waals surface area contributed by atoms with Gasteiger partial charge in [0, 0.05) is 17.5 Å². The van der Waals surface area contributed by atoms with E-state index in [4.69, 9.17) is 5.73 Å². The molecule has 3 rings (SSSR count). The van der Waals surface area contributed by atoms with Gasteiger partial charge in [0.15, 0.2) is 11.6 Å². The molecule has 2 nitrogen and oxygen atoms in total. The molecule has 1 aromatic rings. The summed E-state index contributed by atoms with van der Waals surface area (Å²) in [5.74, 6) is 0.344. The normalized spacial score (nSPS) is 31.2. The van der Waals surface area contributed by atoms with Crippen LogP contribution >= 0.6 is 11.8 Å². The van der Waals surface area contributed by atoms with E-state index in [9.17, 15) is 8.78 Å². The molecule has 2 aliphatic rings. The van der Waals surface area contributed by atoms with Crippen molar-refractivity contribution in [1.29, 1.82) is 0 Å². The van der Waals surface area contributed by atoms with Gasteiger partial charge < -0.3 is 10.6 Å². The molecular weight excluding hydrogens is 242 g/mol. The Hall–Kier alpha value is -0.970. The SMILES string of the molecule is C[C@@H]1CC2CSC1N2c1c(F)cc(N)cc1F. The summed E-state index contributed by atoms with van der Waals surface area (Å²) in [5.41, 5.74) is 5.67. The van der Waals surface area contributed by atoms with Crippen LogP contribution in [-0.4, -0.2) is 17.2 Å². The predicted molar refractivity (Wildman–Crippen MR) is 67.1 cm³/mol. The first-order valence-electron chi connectivity index (χ1n) is 5.72. The van der Waals surface area contributed by atoms with Gasteiger partial charge in [0.1, 0.15) is 5.69 Å². The summed E-state index contributed by atoms with van der Waals surface area (Å²) in [7, 11) is 0. The Kier molecular flexibility index (Phi) is 2.47. The smallest absolute Gasteiger partial charge is 0.151 e. The summed E-state index contributed by atoms with van der Waals surface area (Å²) < 4.78 is 27.8. The molecule has 2 N–H and O–H groups in total. The third-order valence-corrected chi connectivity index (χ3v) is 5.17. The van der Waals surface area contributed by atoms with Gasteiger partial charge in [-0.3, -0.25) is 0 Å². The van der Waals surface area contributed by atoms with Gasteiger partial charge in [-0.2, -0.15) is 0 Å². The van der Waals surface area contributed by atoms with Crippen LogP contribution in [0, 0.1) is 17.6 Å². The van der Waals surface area contributed by atoms with Crippen molar-refractivity contribution >= 4 is 23.1 Å². The quantitative estimate of drug-likeness (QED) is 0.783. The number of nitrogens with zero attached hydrogens (tertiary/aromatic N) is 1. The van der Waals surface area contributed by atoms with E-state index in [2.05, 4.69) is 6.92 Å². The first-order chi connectivity index (χ1) is 8.08. The second-order valence-corrected chi connectivity index (χ2v) is 5.98. The summed E-state index contributed by atoms with van der Waals surface area (Å²) >= 11 is 1.79. The van der Waals surface area contributed by atoms with Crippen LogP contribution in [-0.2, 0) is 0 Å². The predicted octanol–water partition coefficient (Wildman–Crippen LogP) is 2.83. The summed E-state index contributed by atoms with van der Waals surface area (Å²) in [6.07, 6.45) is 1.01. The second kappa shape index (κ2) is 3.77. The highest BCUT2D eigenvalue weighted by atomic mass is 32.2. The molecule has 0 spiro atoms. The van der Waals surface area contributed by atoms with E-state index in [0.29, 0.717) is 5.92 Å². The fourth-order valence-corrected chi connectivity index (χ4v) is 4.48. The molecule has 2 aliphatic heterocycles. The van der Waals surface area contributed by atoms with Crippen LogP contribution in [0.1, 0.15) is 13.3 Å². The van der Waals surface area contributed by atoms with Crippen LogP contribution < -0.4 is 10.6 Å². The first-order valence-corrected chi connectivity index (χ1v) is 6.77. The fourth-order valence-electron chi connectivity index (χ4n) is 2.89. The van der Waals surface area contributed by atoms with Crippen LogP contribution in [0.15, 0.2) is 12.1 Å². The third kappa shape index (κ3) is 1.59. The second-order valence-electron chi connectivity index (χ2n) is 4.83. The molecule has 3 atom stereocenters. The van der Waals surface area contributed by atoms with Gasteiger partial charge in [0.05, 0.1) is 5.37 Å². The van der Waals surface area contributed by atoms with Crippen molar-refractivity contribution < 1.29 is 8.78 Å². The number of hydrogen-bond donors (Lipinski definition) is 1. The van der Waals surface area contributed by atoms with Crippen molar-refractivity contribution in [2.45, 2.75) is 24.8 Å². The van der Waals surface area contributed by atoms with Gasteiger partial charge in [-0.05, 0) is 24.5 Å². The zero-order chi connectivity index (χ0) is 12.2. The van der Waals surface area contributed by atoms with Gasteiger partial charge >= 0.3 is 0 Å². The van der Waals surface area contributed by atoms with Crippen LogP contribution in [0.5, 0.6) is 0 Å². The molecule has 0 aliphatic carbocycles. The monoisotopic (exact) mass is 256 g/mol. The minimum Gasteiger partial charge on any atom is -0.399 e. The maximum Gasteiger partial charge on any atom is 0.151 e. The Labute approximate surface area is 103 Å². The highest BCUT2D eigenvalue weighted by Crippen LogP contribution is 2.48. The largest absolute Gasteiger partial charge is 0.399 e. The minimum atomic E-state index is -0.547. The number of thioether (sulfide) groups is 1. The lowest BCUT2D eigenvalue weighted by molar-refractivity contribution is 0.570. The number of benzene rings is 1. The maximum atomic E-state index is 13.9. The maximum absolute atomic E-state index is 13.9. The van der Waals surface area contributed by atoms with Gasteiger partial charge in [-0.25, -0.2) is 8.78 Å². The topological polar surface area (TPSA) is 29.3 Å². The minimum absolute atomic E-state index is 0.101. The fraction of sp³-hybridized carbons (Fsp3) is 0.500. The molecule has 0 amide bonds. The number of fused-ring (bicyclic) bond motifs is 2. The average Bonchev–Trinajstić information content (AvgIpc) is 2.73. The molecular formula is C12H14F2N2S.